The normalized spacial score (nSPS) is 20.1. The Morgan fingerprint density at radius 2 is 1.82 bits per heavy atom. The van der Waals surface area contributed by atoms with E-state index in [-0.39, 0.29) is 0 Å². The second-order valence-electron chi connectivity index (χ2n) is 6.97. The van der Waals surface area contributed by atoms with Crippen molar-refractivity contribution < 1.29 is 19.1 Å². The molecule has 0 bridgehead atoms. The molecule has 2 aromatic carbocycles. The van der Waals surface area contributed by atoms with Crippen LogP contribution in [0.2, 0.25) is 5.02 Å². The van der Waals surface area contributed by atoms with Crippen molar-refractivity contribution in [3.63, 3.8) is 0 Å². The van der Waals surface area contributed by atoms with Gasteiger partial charge in [-0.2, -0.15) is 0 Å². The summed E-state index contributed by atoms with van der Waals surface area (Å²) >= 11 is 6.12. The summed E-state index contributed by atoms with van der Waals surface area (Å²) in [7, 11) is 0. The third kappa shape index (κ3) is 3.73. The number of nitrogens with one attached hydrogen (secondary N) is 1. The van der Waals surface area contributed by atoms with E-state index in [1.54, 1.807) is 50.2 Å². The van der Waals surface area contributed by atoms with Gasteiger partial charge in [0.05, 0.1) is 0 Å². The molecule has 0 spiro atoms. The quantitative estimate of drug-likeness (QED) is 0.613. The Morgan fingerprint density at radius 1 is 1.18 bits per heavy atom. The molecule has 1 aliphatic rings. The van der Waals surface area contributed by atoms with Crippen LogP contribution in [0, 0.1) is 6.92 Å². The summed E-state index contributed by atoms with van der Waals surface area (Å²) in [6, 6.07) is 13.7. The maximum atomic E-state index is 12.9. The average molecular weight is 401 g/mol. The lowest BCUT2D eigenvalue weighted by Crippen LogP contribution is -2.41. The molecule has 7 heteroatoms. The van der Waals surface area contributed by atoms with E-state index in [0.29, 0.717) is 16.1 Å². The number of hydrogen-bond donors (Lipinski definition) is 1. The van der Waals surface area contributed by atoms with Crippen molar-refractivity contribution in [1.82, 2.24) is 10.2 Å². The van der Waals surface area contributed by atoms with Gasteiger partial charge in [0.1, 0.15) is 18.2 Å². The third-order valence-corrected chi connectivity index (χ3v) is 5.19. The van der Waals surface area contributed by atoms with Crippen molar-refractivity contribution in [3.05, 3.63) is 70.2 Å². The number of carbonyl (C=O) groups excluding carboxylic acids is 3. The Bertz CT molecular complexity index is 928. The first-order valence-electron chi connectivity index (χ1n) is 8.87. The molecule has 1 saturated heterocycles. The molecular formula is C21H21ClN2O4. The van der Waals surface area contributed by atoms with Gasteiger partial charge in [-0.05, 0) is 32.4 Å². The van der Waals surface area contributed by atoms with Crippen LogP contribution in [0.1, 0.15) is 36.6 Å². The molecule has 0 aromatic heterocycles. The summed E-state index contributed by atoms with van der Waals surface area (Å²) < 4.78 is 5.37. The molecule has 0 unspecified atom stereocenters. The van der Waals surface area contributed by atoms with Gasteiger partial charge in [0, 0.05) is 10.6 Å². The van der Waals surface area contributed by atoms with Gasteiger partial charge in [-0.1, -0.05) is 59.6 Å². The van der Waals surface area contributed by atoms with Crippen molar-refractivity contribution in [3.8, 4) is 0 Å². The Labute approximate surface area is 168 Å². The Balaban J connectivity index is 1.71. The van der Waals surface area contributed by atoms with Gasteiger partial charge in [0.2, 0.25) is 0 Å². The average Bonchev–Trinajstić information content (AvgIpc) is 2.86. The number of benzene rings is 2. The van der Waals surface area contributed by atoms with E-state index in [1.807, 2.05) is 19.1 Å². The number of nitrogens with zero attached hydrogens (tertiary/aromatic N) is 1. The minimum atomic E-state index is -1.22. The standard InChI is InChI=1S/C21H21ClN2O4/c1-13-8-10-15(11-9-13)21(3)19(26)24(20(27)23-21)12-18(25)28-14(2)16-6-4-5-7-17(16)22/h4-11,14H,12H2,1-3H3,(H,23,27)/t14-,21-/m0/s1. The van der Waals surface area contributed by atoms with Gasteiger partial charge >= 0.3 is 12.0 Å². The molecule has 6 nitrogen and oxygen atoms in total. The van der Waals surface area contributed by atoms with Crippen molar-refractivity contribution in [2.45, 2.75) is 32.4 Å². The lowest BCUT2D eigenvalue weighted by molar-refractivity contribution is -0.152. The number of esters is 1. The molecule has 3 rings (SSSR count). The molecule has 1 heterocycles. The van der Waals surface area contributed by atoms with Gasteiger partial charge in [0.25, 0.3) is 5.91 Å². The van der Waals surface area contributed by atoms with E-state index in [0.717, 1.165) is 10.5 Å². The zero-order valence-electron chi connectivity index (χ0n) is 15.9. The first-order valence-corrected chi connectivity index (χ1v) is 9.25. The van der Waals surface area contributed by atoms with E-state index in [4.69, 9.17) is 16.3 Å². The minimum Gasteiger partial charge on any atom is -0.456 e. The zero-order valence-corrected chi connectivity index (χ0v) is 16.6. The number of hydrogen-bond acceptors (Lipinski definition) is 4. The van der Waals surface area contributed by atoms with Gasteiger partial charge in [-0.25, -0.2) is 4.79 Å². The second kappa shape index (κ2) is 7.64. The fourth-order valence-corrected chi connectivity index (χ4v) is 3.44. The minimum absolute atomic E-state index is 0.471. The van der Waals surface area contributed by atoms with Gasteiger partial charge in [0.15, 0.2) is 0 Å². The lowest BCUT2D eigenvalue weighted by Gasteiger charge is -2.22. The van der Waals surface area contributed by atoms with Crippen molar-refractivity contribution in [2.24, 2.45) is 0 Å². The summed E-state index contributed by atoms with van der Waals surface area (Å²) in [5.74, 6) is -1.19. The summed E-state index contributed by atoms with van der Waals surface area (Å²) in [5.41, 5.74) is 1.12. The zero-order chi connectivity index (χ0) is 20.5. The Hall–Kier alpha value is -2.86. The SMILES string of the molecule is Cc1ccc([C@]2(C)NC(=O)N(CC(=O)O[C@@H](C)c3ccccc3Cl)C2=O)cc1. The van der Waals surface area contributed by atoms with Crippen molar-refractivity contribution >= 4 is 29.5 Å². The fraction of sp³-hybridized carbons (Fsp3) is 0.286. The van der Waals surface area contributed by atoms with Crippen LogP contribution >= 0.6 is 11.6 Å². The first-order chi connectivity index (χ1) is 13.2. The topological polar surface area (TPSA) is 75.7 Å². The largest absolute Gasteiger partial charge is 0.456 e. The van der Waals surface area contributed by atoms with Gasteiger partial charge in [-0.3, -0.25) is 14.5 Å². The summed E-state index contributed by atoms with van der Waals surface area (Å²) in [6.07, 6.45) is -0.606. The van der Waals surface area contributed by atoms with Gasteiger partial charge in [-0.15, -0.1) is 0 Å². The number of urea groups is 1. The summed E-state index contributed by atoms with van der Waals surface area (Å²) in [4.78, 5) is 38.4. The predicted octanol–water partition coefficient (Wildman–Crippen LogP) is 3.72. The fourth-order valence-electron chi connectivity index (χ4n) is 3.15. The molecule has 146 valence electrons. The molecule has 2 atom stereocenters. The highest BCUT2D eigenvalue weighted by molar-refractivity contribution is 6.31. The maximum absolute atomic E-state index is 12.9. The molecule has 0 aliphatic carbocycles. The summed E-state index contributed by atoms with van der Waals surface area (Å²) in [5, 5.41) is 3.15. The van der Waals surface area contributed by atoms with Crippen LogP contribution < -0.4 is 5.32 Å². The number of amides is 3. The molecule has 1 aliphatic heterocycles. The monoisotopic (exact) mass is 400 g/mol. The van der Waals surface area contributed by atoms with E-state index in [9.17, 15) is 14.4 Å². The number of ether oxygens (including phenoxy) is 1. The first kappa shape index (κ1) is 19.9. The molecule has 3 amide bonds. The molecular weight excluding hydrogens is 380 g/mol. The Kier molecular flexibility index (Phi) is 5.42. The molecule has 0 saturated carbocycles. The molecule has 1 N–H and O–H groups in total. The van der Waals surface area contributed by atoms with E-state index >= 15 is 0 Å². The van der Waals surface area contributed by atoms with Gasteiger partial charge < -0.3 is 10.1 Å². The number of halogens is 1. The Morgan fingerprint density at radius 3 is 2.46 bits per heavy atom. The molecule has 2 aromatic rings. The van der Waals surface area contributed by atoms with E-state index in [2.05, 4.69) is 5.32 Å². The third-order valence-electron chi connectivity index (χ3n) is 4.84. The number of carbonyl (C=O) groups is 3. The highest BCUT2D eigenvalue weighted by Crippen LogP contribution is 2.29. The van der Waals surface area contributed by atoms with Crippen LogP contribution in [0.15, 0.2) is 48.5 Å². The predicted molar refractivity (Wildman–Crippen MR) is 105 cm³/mol. The number of aryl methyl sites for hydroxylation is 1. The molecule has 0 radical (unpaired) electrons. The van der Waals surface area contributed by atoms with Crippen LogP contribution in [0.25, 0.3) is 0 Å². The smallest absolute Gasteiger partial charge is 0.326 e. The number of imide groups is 1. The highest BCUT2D eigenvalue weighted by Gasteiger charge is 2.49. The van der Waals surface area contributed by atoms with Crippen LogP contribution in [-0.4, -0.2) is 29.4 Å². The maximum Gasteiger partial charge on any atom is 0.326 e. The van der Waals surface area contributed by atoms with Crippen molar-refractivity contribution in [1.29, 1.82) is 0 Å². The van der Waals surface area contributed by atoms with Crippen LogP contribution in [-0.2, 0) is 19.9 Å². The van der Waals surface area contributed by atoms with Crippen LogP contribution in [0.3, 0.4) is 0 Å². The van der Waals surface area contributed by atoms with Crippen molar-refractivity contribution in [2.75, 3.05) is 6.54 Å². The van der Waals surface area contributed by atoms with Crippen LogP contribution in [0.4, 0.5) is 4.79 Å². The summed E-state index contributed by atoms with van der Waals surface area (Å²) in [6.45, 7) is 4.77. The number of rotatable bonds is 5. The lowest BCUT2D eigenvalue weighted by atomic mass is 9.91. The second-order valence-corrected chi connectivity index (χ2v) is 7.37. The molecule has 1 fully saturated rings. The van der Waals surface area contributed by atoms with E-state index in [1.165, 1.54) is 0 Å². The van der Waals surface area contributed by atoms with E-state index < -0.39 is 36.1 Å². The van der Waals surface area contributed by atoms with Crippen LogP contribution in [0.5, 0.6) is 0 Å². The molecule has 28 heavy (non-hydrogen) atoms. The highest BCUT2D eigenvalue weighted by atomic mass is 35.5.